The van der Waals surface area contributed by atoms with Crippen LogP contribution in [-0.2, 0) is 4.74 Å². The molecule has 0 saturated heterocycles. The van der Waals surface area contributed by atoms with Crippen LogP contribution in [0.5, 0.6) is 5.75 Å². The lowest BCUT2D eigenvalue weighted by Crippen LogP contribution is -2.59. The maximum Gasteiger partial charge on any atom is 0.134 e. The molecule has 3 atom stereocenters. The molecule has 0 radical (unpaired) electrons. The number of hydrogen-bond acceptors (Lipinski definition) is 3. The fourth-order valence-corrected chi connectivity index (χ4v) is 2.61. The highest BCUT2D eigenvalue weighted by molar-refractivity contribution is 9.10. The van der Waals surface area contributed by atoms with E-state index in [4.69, 9.17) is 15.2 Å². The second kappa shape index (κ2) is 5.38. The summed E-state index contributed by atoms with van der Waals surface area (Å²) in [4.78, 5) is 0. The van der Waals surface area contributed by atoms with Crippen LogP contribution >= 0.6 is 15.9 Å². The van der Waals surface area contributed by atoms with Crippen molar-refractivity contribution in [2.24, 2.45) is 5.73 Å². The van der Waals surface area contributed by atoms with Crippen molar-refractivity contribution >= 4 is 15.9 Å². The number of hydrogen-bond donors (Lipinski definition) is 1. The summed E-state index contributed by atoms with van der Waals surface area (Å²) < 4.78 is 12.5. The standard InChI is InChI=1S/C13H18BrNO2/c1-3-16-13-10(15)7-12(13)17-11-5-4-8(2)6-9(11)14/h4-6,10,12-13H,3,7,15H2,1-2H3. The van der Waals surface area contributed by atoms with E-state index < -0.39 is 0 Å². The Labute approximate surface area is 110 Å². The molecule has 1 aromatic carbocycles. The Morgan fingerprint density at radius 2 is 2.24 bits per heavy atom. The Hall–Kier alpha value is -0.580. The predicted molar refractivity (Wildman–Crippen MR) is 71.3 cm³/mol. The van der Waals surface area contributed by atoms with Crippen molar-refractivity contribution < 1.29 is 9.47 Å². The molecule has 0 heterocycles. The van der Waals surface area contributed by atoms with Crippen LogP contribution in [0, 0.1) is 6.92 Å². The van der Waals surface area contributed by atoms with Gasteiger partial charge in [-0.05, 0) is 47.5 Å². The molecule has 1 fully saturated rings. The molecule has 94 valence electrons. The van der Waals surface area contributed by atoms with Crippen molar-refractivity contribution in [3.63, 3.8) is 0 Å². The molecule has 0 bridgehead atoms. The summed E-state index contributed by atoms with van der Waals surface area (Å²) in [6, 6.07) is 6.16. The second-order valence-electron chi connectivity index (χ2n) is 4.41. The quantitative estimate of drug-likeness (QED) is 0.929. The minimum absolute atomic E-state index is 0.0215. The van der Waals surface area contributed by atoms with E-state index >= 15 is 0 Å². The second-order valence-corrected chi connectivity index (χ2v) is 5.26. The van der Waals surface area contributed by atoms with Crippen LogP contribution in [0.15, 0.2) is 22.7 Å². The average molecular weight is 300 g/mol. The van der Waals surface area contributed by atoms with Gasteiger partial charge in [-0.2, -0.15) is 0 Å². The first-order valence-electron chi connectivity index (χ1n) is 5.91. The Bertz CT molecular complexity index is 397. The van der Waals surface area contributed by atoms with Crippen LogP contribution in [0.3, 0.4) is 0 Å². The molecule has 1 aliphatic carbocycles. The van der Waals surface area contributed by atoms with Crippen LogP contribution in [0.1, 0.15) is 18.9 Å². The Morgan fingerprint density at radius 1 is 1.47 bits per heavy atom. The van der Waals surface area contributed by atoms with Gasteiger partial charge in [0.05, 0.1) is 4.47 Å². The zero-order valence-corrected chi connectivity index (χ0v) is 11.7. The summed E-state index contributed by atoms with van der Waals surface area (Å²) in [5.74, 6) is 0.859. The number of rotatable bonds is 4. The molecule has 3 unspecified atom stereocenters. The lowest BCUT2D eigenvalue weighted by molar-refractivity contribution is -0.0947. The largest absolute Gasteiger partial charge is 0.486 e. The molecule has 17 heavy (non-hydrogen) atoms. The molecule has 2 N–H and O–H groups in total. The first kappa shape index (κ1) is 12.9. The predicted octanol–water partition coefficient (Wildman–Crippen LogP) is 2.64. The first-order valence-corrected chi connectivity index (χ1v) is 6.71. The van der Waals surface area contributed by atoms with Crippen molar-refractivity contribution in [1.82, 2.24) is 0 Å². The van der Waals surface area contributed by atoms with Gasteiger partial charge in [0.15, 0.2) is 0 Å². The topological polar surface area (TPSA) is 44.5 Å². The van der Waals surface area contributed by atoms with Gasteiger partial charge < -0.3 is 15.2 Å². The highest BCUT2D eigenvalue weighted by Gasteiger charge is 2.41. The van der Waals surface area contributed by atoms with Crippen molar-refractivity contribution in [1.29, 1.82) is 0 Å². The lowest BCUT2D eigenvalue weighted by Gasteiger charge is -2.41. The molecule has 0 spiro atoms. The average Bonchev–Trinajstić information content (AvgIpc) is 2.28. The van der Waals surface area contributed by atoms with Crippen molar-refractivity contribution in [3.8, 4) is 5.75 Å². The third kappa shape index (κ3) is 2.81. The molecule has 1 aliphatic rings. The Morgan fingerprint density at radius 3 is 2.82 bits per heavy atom. The molecule has 4 heteroatoms. The molecule has 1 aromatic rings. The fraction of sp³-hybridized carbons (Fsp3) is 0.538. The van der Waals surface area contributed by atoms with Gasteiger partial charge in [0.2, 0.25) is 0 Å². The number of benzene rings is 1. The van der Waals surface area contributed by atoms with E-state index in [1.807, 2.05) is 25.1 Å². The molecular formula is C13H18BrNO2. The van der Waals surface area contributed by atoms with Crippen LogP contribution in [0.2, 0.25) is 0 Å². The van der Waals surface area contributed by atoms with Gasteiger partial charge in [0.1, 0.15) is 18.0 Å². The van der Waals surface area contributed by atoms with Gasteiger partial charge in [-0.3, -0.25) is 0 Å². The highest BCUT2D eigenvalue weighted by atomic mass is 79.9. The van der Waals surface area contributed by atoms with E-state index in [1.54, 1.807) is 0 Å². The van der Waals surface area contributed by atoms with Gasteiger partial charge in [-0.15, -0.1) is 0 Å². The third-order valence-corrected chi connectivity index (χ3v) is 3.64. The van der Waals surface area contributed by atoms with E-state index in [9.17, 15) is 0 Å². The van der Waals surface area contributed by atoms with E-state index in [1.165, 1.54) is 5.56 Å². The van der Waals surface area contributed by atoms with Crippen molar-refractivity contribution in [2.75, 3.05) is 6.61 Å². The van der Waals surface area contributed by atoms with E-state index in [-0.39, 0.29) is 18.2 Å². The summed E-state index contributed by atoms with van der Waals surface area (Å²) >= 11 is 3.51. The van der Waals surface area contributed by atoms with Crippen molar-refractivity contribution in [2.45, 2.75) is 38.5 Å². The minimum Gasteiger partial charge on any atom is -0.486 e. The van der Waals surface area contributed by atoms with Crippen LogP contribution in [0.4, 0.5) is 0 Å². The number of ether oxygens (including phenoxy) is 2. The first-order chi connectivity index (χ1) is 8.11. The van der Waals surface area contributed by atoms with Crippen LogP contribution < -0.4 is 10.5 Å². The summed E-state index contributed by atoms with van der Waals surface area (Å²) in [5, 5.41) is 0. The molecule has 0 aromatic heterocycles. The fourth-order valence-electron chi connectivity index (χ4n) is 2.02. The number of aryl methyl sites for hydroxylation is 1. The van der Waals surface area contributed by atoms with Gasteiger partial charge in [0.25, 0.3) is 0 Å². The lowest BCUT2D eigenvalue weighted by atomic mass is 9.86. The highest BCUT2D eigenvalue weighted by Crippen LogP contribution is 2.32. The van der Waals surface area contributed by atoms with Crippen molar-refractivity contribution in [3.05, 3.63) is 28.2 Å². The van der Waals surface area contributed by atoms with E-state index in [2.05, 4.69) is 22.9 Å². The van der Waals surface area contributed by atoms with E-state index in [0.717, 1.165) is 16.6 Å². The normalized spacial score (nSPS) is 27.6. The van der Waals surface area contributed by atoms with Gasteiger partial charge in [-0.1, -0.05) is 6.07 Å². The van der Waals surface area contributed by atoms with E-state index in [0.29, 0.717) is 6.61 Å². The summed E-state index contributed by atoms with van der Waals surface area (Å²) in [6.07, 6.45) is 0.947. The Balaban J connectivity index is 2.01. The van der Waals surface area contributed by atoms with Gasteiger partial charge >= 0.3 is 0 Å². The van der Waals surface area contributed by atoms with Gasteiger partial charge in [0, 0.05) is 19.1 Å². The number of halogens is 1. The number of nitrogens with two attached hydrogens (primary N) is 1. The summed E-state index contributed by atoms with van der Waals surface area (Å²) in [5.41, 5.74) is 7.10. The SMILES string of the molecule is CCOC1C(N)CC1Oc1ccc(C)cc1Br. The molecular weight excluding hydrogens is 282 g/mol. The molecule has 0 aliphatic heterocycles. The summed E-state index contributed by atoms with van der Waals surface area (Å²) in [7, 11) is 0. The minimum atomic E-state index is 0.0215. The third-order valence-electron chi connectivity index (χ3n) is 3.02. The zero-order valence-electron chi connectivity index (χ0n) is 10.2. The molecule has 0 amide bonds. The maximum atomic E-state index is 5.92. The van der Waals surface area contributed by atoms with Gasteiger partial charge in [-0.25, -0.2) is 0 Å². The zero-order chi connectivity index (χ0) is 12.4. The Kier molecular flexibility index (Phi) is 4.07. The summed E-state index contributed by atoms with van der Waals surface area (Å²) in [6.45, 7) is 4.70. The molecule has 1 saturated carbocycles. The monoisotopic (exact) mass is 299 g/mol. The molecule has 3 nitrogen and oxygen atoms in total. The smallest absolute Gasteiger partial charge is 0.134 e. The van der Waals surface area contributed by atoms with Crippen LogP contribution in [0.25, 0.3) is 0 Å². The maximum absolute atomic E-state index is 5.92. The molecule has 2 rings (SSSR count). The van der Waals surface area contributed by atoms with Crippen LogP contribution in [-0.4, -0.2) is 24.9 Å².